The molecule has 1 aromatic rings. The topological polar surface area (TPSA) is 0 Å². The van der Waals surface area contributed by atoms with Crippen LogP contribution in [0, 0.1) is 25.7 Å². The van der Waals surface area contributed by atoms with Gasteiger partial charge in [-0.2, -0.15) is 0 Å². The lowest BCUT2D eigenvalue weighted by Crippen LogP contribution is -2.31. The summed E-state index contributed by atoms with van der Waals surface area (Å²) >= 11 is 0. The van der Waals surface area contributed by atoms with Gasteiger partial charge in [-0.25, -0.2) is 0 Å². The third kappa shape index (κ3) is 2.26. The fraction of sp³-hybridized carbons (Fsp3) is 0.579. The van der Waals surface area contributed by atoms with Crippen molar-refractivity contribution in [2.45, 2.75) is 59.8 Å². The number of benzene rings is 1. The summed E-state index contributed by atoms with van der Waals surface area (Å²) in [5, 5.41) is 0. The normalized spacial score (nSPS) is 30.0. The molecule has 2 rings (SSSR count). The van der Waals surface area contributed by atoms with Crippen LogP contribution < -0.4 is 0 Å². The Hall–Kier alpha value is -1.04. The van der Waals surface area contributed by atoms with E-state index in [1.54, 1.807) is 11.1 Å². The highest BCUT2D eigenvalue weighted by atomic mass is 14.4. The Kier molecular flexibility index (Phi) is 3.90. The van der Waals surface area contributed by atoms with Gasteiger partial charge in [-0.15, -0.1) is 0 Å². The third-order valence-corrected chi connectivity index (χ3v) is 5.36. The molecule has 1 aliphatic carbocycles. The third-order valence-electron chi connectivity index (χ3n) is 5.36. The average Bonchev–Trinajstić information content (AvgIpc) is 2.35. The summed E-state index contributed by atoms with van der Waals surface area (Å²) < 4.78 is 0. The second kappa shape index (κ2) is 5.15. The molecule has 104 valence electrons. The monoisotopic (exact) mass is 256 g/mol. The van der Waals surface area contributed by atoms with Crippen molar-refractivity contribution >= 4 is 0 Å². The van der Waals surface area contributed by atoms with Gasteiger partial charge in [0.1, 0.15) is 0 Å². The Bertz CT molecular complexity index is 495. The van der Waals surface area contributed by atoms with Crippen molar-refractivity contribution in [3.63, 3.8) is 0 Å². The van der Waals surface area contributed by atoms with Gasteiger partial charge < -0.3 is 0 Å². The zero-order valence-electron chi connectivity index (χ0n) is 13.4. The maximum absolute atomic E-state index is 4.27. The molecule has 1 aromatic carbocycles. The summed E-state index contributed by atoms with van der Waals surface area (Å²) in [6.07, 6.45) is 1.25. The molecular weight excluding hydrogens is 228 g/mol. The van der Waals surface area contributed by atoms with E-state index >= 15 is 0 Å². The lowest BCUT2D eigenvalue weighted by molar-refractivity contribution is 0.260. The summed E-state index contributed by atoms with van der Waals surface area (Å²) in [6, 6.07) is 4.86. The Morgan fingerprint density at radius 3 is 1.95 bits per heavy atom. The molecule has 19 heavy (non-hydrogen) atoms. The molecule has 0 radical (unpaired) electrons. The molecular formula is C19H28. The number of rotatable bonds is 2. The lowest BCUT2D eigenvalue weighted by Gasteiger charge is -2.43. The first-order valence-corrected chi connectivity index (χ1v) is 7.64. The standard InChI is InChI=1S/C19H28/c1-8-16-14(6)17-9-12(4)13(5)10-18(17)15(7)19(16)11(2)3/h9-10,14-16,19H,2,8H2,1,3-7H3. The largest absolute Gasteiger partial charge is 0.0998 e. The van der Waals surface area contributed by atoms with Crippen LogP contribution in [0.1, 0.15) is 68.2 Å². The van der Waals surface area contributed by atoms with Crippen LogP contribution in [0.2, 0.25) is 0 Å². The van der Waals surface area contributed by atoms with Gasteiger partial charge in [0.05, 0.1) is 0 Å². The maximum atomic E-state index is 4.27. The van der Waals surface area contributed by atoms with E-state index in [0.29, 0.717) is 17.8 Å². The van der Waals surface area contributed by atoms with E-state index in [1.165, 1.54) is 23.1 Å². The summed E-state index contributed by atoms with van der Waals surface area (Å²) in [4.78, 5) is 0. The van der Waals surface area contributed by atoms with Crippen LogP contribution >= 0.6 is 0 Å². The van der Waals surface area contributed by atoms with Crippen molar-refractivity contribution in [3.8, 4) is 0 Å². The second-order valence-corrected chi connectivity index (χ2v) is 6.59. The molecule has 0 heteroatoms. The second-order valence-electron chi connectivity index (χ2n) is 6.59. The highest BCUT2D eigenvalue weighted by Crippen LogP contribution is 2.50. The molecule has 0 aliphatic heterocycles. The molecule has 4 atom stereocenters. The van der Waals surface area contributed by atoms with Crippen molar-refractivity contribution < 1.29 is 0 Å². The molecule has 0 amide bonds. The predicted octanol–water partition coefficient (Wildman–Crippen LogP) is 5.74. The van der Waals surface area contributed by atoms with Crippen LogP contribution in [0.15, 0.2) is 24.3 Å². The van der Waals surface area contributed by atoms with Gasteiger partial charge in [0, 0.05) is 0 Å². The van der Waals surface area contributed by atoms with E-state index in [9.17, 15) is 0 Å². The van der Waals surface area contributed by atoms with Crippen molar-refractivity contribution in [3.05, 3.63) is 46.5 Å². The van der Waals surface area contributed by atoms with Crippen molar-refractivity contribution in [2.75, 3.05) is 0 Å². The van der Waals surface area contributed by atoms with Gasteiger partial charge in [0.15, 0.2) is 0 Å². The van der Waals surface area contributed by atoms with Crippen LogP contribution in [0.4, 0.5) is 0 Å². The van der Waals surface area contributed by atoms with Gasteiger partial charge in [-0.1, -0.05) is 51.5 Å². The summed E-state index contributed by atoms with van der Waals surface area (Å²) in [6.45, 7) is 18.1. The lowest BCUT2D eigenvalue weighted by atomic mass is 9.61. The Balaban J connectivity index is 2.60. The van der Waals surface area contributed by atoms with E-state index in [1.807, 2.05) is 0 Å². The Morgan fingerprint density at radius 2 is 1.53 bits per heavy atom. The SMILES string of the molecule is C=C(C)C1C(C)c2cc(C)c(C)cc2C(C)C1CC. The molecule has 4 unspecified atom stereocenters. The van der Waals surface area contributed by atoms with E-state index in [4.69, 9.17) is 0 Å². The van der Waals surface area contributed by atoms with Gasteiger partial charge >= 0.3 is 0 Å². The zero-order valence-corrected chi connectivity index (χ0v) is 13.4. The first kappa shape index (κ1) is 14.4. The van der Waals surface area contributed by atoms with Crippen molar-refractivity contribution in [2.24, 2.45) is 11.8 Å². The van der Waals surface area contributed by atoms with E-state index in [0.717, 1.165) is 5.92 Å². The molecule has 0 heterocycles. The fourth-order valence-corrected chi connectivity index (χ4v) is 4.16. The van der Waals surface area contributed by atoms with Crippen LogP contribution in [0.25, 0.3) is 0 Å². The van der Waals surface area contributed by atoms with E-state index < -0.39 is 0 Å². The minimum absolute atomic E-state index is 0.605. The van der Waals surface area contributed by atoms with Crippen LogP contribution in [-0.4, -0.2) is 0 Å². The zero-order chi connectivity index (χ0) is 14.3. The minimum atomic E-state index is 0.605. The van der Waals surface area contributed by atoms with Gasteiger partial charge in [-0.3, -0.25) is 0 Å². The molecule has 0 aromatic heterocycles. The molecule has 0 saturated carbocycles. The summed E-state index contributed by atoms with van der Waals surface area (Å²) in [7, 11) is 0. The number of fused-ring (bicyclic) bond motifs is 1. The highest BCUT2D eigenvalue weighted by Gasteiger charge is 2.38. The summed E-state index contributed by atoms with van der Waals surface area (Å²) in [5.41, 5.74) is 7.36. The van der Waals surface area contributed by atoms with Crippen molar-refractivity contribution in [1.82, 2.24) is 0 Å². The molecule has 0 bridgehead atoms. The number of hydrogen-bond donors (Lipinski definition) is 0. The fourth-order valence-electron chi connectivity index (χ4n) is 4.16. The minimum Gasteiger partial charge on any atom is -0.0998 e. The van der Waals surface area contributed by atoms with Gasteiger partial charge in [0.2, 0.25) is 0 Å². The molecule has 0 spiro atoms. The quantitative estimate of drug-likeness (QED) is 0.592. The van der Waals surface area contributed by atoms with Crippen LogP contribution in [0.3, 0.4) is 0 Å². The molecule has 0 N–H and O–H groups in total. The summed E-state index contributed by atoms with van der Waals surface area (Å²) in [5.74, 6) is 2.63. The van der Waals surface area contributed by atoms with E-state index in [2.05, 4.69) is 60.3 Å². The molecule has 0 saturated heterocycles. The molecule has 1 aliphatic rings. The predicted molar refractivity (Wildman–Crippen MR) is 84.8 cm³/mol. The Labute approximate surface area is 118 Å². The average molecular weight is 256 g/mol. The number of hydrogen-bond acceptors (Lipinski definition) is 0. The van der Waals surface area contributed by atoms with Crippen LogP contribution in [-0.2, 0) is 0 Å². The Morgan fingerprint density at radius 1 is 1.05 bits per heavy atom. The number of aryl methyl sites for hydroxylation is 2. The van der Waals surface area contributed by atoms with Gasteiger partial charge in [0.25, 0.3) is 0 Å². The first-order valence-electron chi connectivity index (χ1n) is 7.64. The molecule has 0 nitrogen and oxygen atoms in total. The highest BCUT2D eigenvalue weighted by molar-refractivity contribution is 5.44. The van der Waals surface area contributed by atoms with E-state index in [-0.39, 0.29) is 0 Å². The smallest absolute Gasteiger partial charge is 0.0108 e. The first-order chi connectivity index (χ1) is 8.88. The molecule has 0 fully saturated rings. The number of allylic oxidation sites excluding steroid dienone is 1. The maximum Gasteiger partial charge on any atom is -0.0108 e. The van der Waals surface area contributed by atoms with Crippen LogP contribution in [0.5, 0.6) is 0 Å². The van der Waals surface area contributed by atoms with Crippen molar-refractivity contribution in [1.29, 1.82) is 0 Å². The van der Waals surface area contributed by atoms with Gasteiger partial charge in [-0.05, 0) is 66.7 Å².